The van der Waals surface area contributed by atoms with Crippen LogP contribution in [-0.2, 0) is 13.1 Å². The van der Waals surface area contributed by atoms with Crippen LogP contribution >= 0.6 is 0 Å². The zero-order valence-corrected chi connectivity index (χ0v) is 20.7. The molecule has 0 aliphatic rings. The first-order chi connectivity index (χ1) is 18.1. The standard InChI is InChI=1S/C30H27N3O4/c1-22-27(21-32(20-23-10-5-3-6-11-23)29(34)28-14-9-19-36-28)30(33(31-22)24-12-7-4-8-13-24)37-26-17-15-25(35-2)16-18-26/h3-19H,20-21H2,1-2H3. The summed E-state index contributed by atoms with van der Waals surface area (Å²) in [6.07, 6.45) is 1.50. The highest BCUT2D eigenvalue weighted by Gasteiger charge is 2.25. The van der Waals surface area contributed by atoms with Gasteiger partial charge in [0.25, 0.3) is 5.91 Å². The number of rotatable bonds is 9. The molecule has 0 aliphatic carbocycles. The van der Waals surface area contributed by atoms with Crippen LogP contribution in [0.1, 0.15) is 27.4 Å². The lowest BCUT2D eigenvalue weighted by Gasteiger charge is -2.22. The fraction of sp³-hybridized carbons (Fsp3) is 0.133. The molecule has 0 fully saturated rings. The van der Waals surface area contributed by atoms with Gasteiger partial charge < -0.3 is 18.8 Å². The molecule has 0 saturated heterocycles. The Kier molecular flexibility index (Phi) is 7.03. The largest absolute Gasteiger partial charge is 0.497 e. The average Bonchev–Trinajstić information content (AvgIpc) is 3.59. The highest BCUT2D eigenvalue weighted by molar-refractivity contribution is 5.91. The lowest BCUT2D eigenvalue weighted by molar-refractivity contribution is 0.0696. The van der Waals surface area contributed by atoms with E-state index in [9.17, 15) is 4.79 Å². The molecule has 7 nitrogen and oxygen atoms in total. The summed E-state index contributed by atoms with van der Waals surface area (Å²) in [4.78, 5) is 15.2. The molecule has 0 aliphatic heterocycles. The number of ether oxygens (including phenoxy) is 2. The van der Waals surface area contributed by atoms with Gasteiger partial charge in [-0.2, -0.15) is 5.10 Å². The molecule has 2 heterocycles. The molecule has 0 spiro atoms. The van der Waals surface area contributed by atoms with E-state index in [-0.39, 0.29) is 18.2 Å². The number of carbonyl (C=O) groups is 1. The van der Waals surface area contributed by atoms with Crippen molar-refractivity contribution in [1.29, 1.82) is 0 Å². The zero-order valence-electron chi connectivity index (χ0n) is 20.7. The smallest absolute Gasteiger partial charge is 0.290 e. The van der Waals surface area contributed by atoms with Crippen LogP contribution in [0.4, 0.5) is 0 Å². The Balaban J connectivity index is 1.56. The first kappa shape index (κ1) is 23.9. The normalized spacial score (nSPS) is 10.8. The van der Waals surface area contributed by atoms with Crippen molar-refractivity contribution in [3.8, 4) is 23.1 Å². The number of benzene rings is 3. The predicted molar refractivity (Wildman–Crippen MR) is 140 cm³/mol. The van der Waals surface area contributed by atoms with Gasteiger partial charge in [0.15, 0.2) is 5.76 Å². The first-order valence-corrected chi connectivity index (χ1v) is 11.9. The molecule has 5 aromatic rings. The molecule has 7 heteroatoms. The van der Waals surface area contributed by atoms with Gasteiger partial charge in [0.05, 0.1) is 36.9 Å². The number of furan rings is 1. The van der Waals surface area contributed by atoms with E-state index in [0.29, 0.717) is 18.2 Å². The SMILES string of the molecule is COc1ccc(Oc2c(CN(Cc3ccccc3)C(=O)c3ccco3)c(C)nn2-c2ccccc2)cc1. The van der Waals surface area contributed by atoms with Gasteiger partial charge >= 0.3 is 0 Å². The Hall–Kier alpha value is -4.78. The Morgan fingerprint density at radius 1 is 0.865 bits per heavy atom. The summed E-state index contributed by atoms with van der Waals surface area (Å²) in [5.74, 6) is 1.97. The van der Waals surface area contributed by atoms with E-state index in [1.807, 2.05) is 91.9 Å². The van der Waals surface area contributed by atoms with Gasteiger partial charge in [-0.1, -0.05) is 48.5 Å². The molecule has 0 N–H and O–H groups in total. The lowest BCUT2D eigenvalue weighted by atomic mass is 10.1. The Labute approximate surface area is 215 Å². The van der Waals surface area contributed by atoms with Crippen LogP contribution in [-0.4, -0.2) is 27.7 Å². The van der Waals surface area contributed by atoms with Crippen LogP contribution in [0.15, 0.2) is 108 Å². The minimum Gasteiger partial charge on any atom is -0.497 e. The minimum absolute atomic E-state index is 0.212. The van der Waals surface area contributed by atoms with Gasteiger partial charge in [-0.05, 0) is 61.0 Å². The second kappa shape index (κ2) is 10.9. The van der Waals surface area contributed by atoms with Crippen LogP contribution in [0.5, 0.6) is 17.4 Å². The summed E-state index contributed by atoms with van der Waals surface area (Å²) >= 11 is 0. The van der Waals surface area contributed by atoms with Crippen LogP contribution in [0.25, 0.3) is 5.69 Å². The third kappa shape index (κ3) is 5.41. The highest BCUT2D eigenvalue weighted by Crippen LogP contribution is 2.33. The second-order valence-corrected chi connectivity index (χ2v) is 8.52. The summed E-state index contributed by atoms with van der Waals surface area (Å²) in [7, 11) is 1.62. The fourth-order valence-electron chi connectivity index (χ4n) is 4.08. The van der Waals surface area contributed by atoms with Crippen molar-refractivity contribution in [1.82, 2.24) is 14.7 Å². The van der Waals surface area contributed by atoms with Crippen molar-refractivity contribution in [2.24, 2.45) is 0 Å². The lowest BCUT2D eigenvalue weighted by Crippen LogP contribution is -2.30. The van der Waals surface area contributed by atoms with Gasteiger partial charge in [-0.3, -0.25) is 4.79 Å². The van der Waals surface area contributed by atoms with Gasteiger partial charge in [-0.15, -0.1) is 0 Å². The summed E-state index contributed by atoms with van der Waals surface area (Å²) in [5.41, 5.74) is 3.42. The number of amides is 1. The maximum Gasteiger partial charge on any atom is 0.290 e. The molecule has 186 valence electrons. The fourth-order valence-corrected chi connectivity index (χ4v) is 4.08. The van der Waals surface area contributed by atoms with Crippen molar-refractivity contribution < 1.29 is 18.7 Å². The van der Waals surface area contributed by atoms with Crippen molar-refractivity contribution in [2.45, 2.75) is 20.0 Å². The maximum atomic E-state index is 13.5. The zero-order chi connectivity index (χ0) is 25.6. The van der Waals surface area contributed by atoms with E-state index in [0.717, 1.165) is 28.3 Å². The van der Waals surface area contributed by atoms with Crippen LogP contribution in [0.2, 0.25) is 0 Å². The summed E-state index contributed by atoms with van der Waals surface area (Å²) in [6.45, 7) is 2.60. The van der Waals surface area contributed by atoms with Crippen LogP contribution in [0, 0.1) is 6.92 Å². The number of nitrogens with zero attached hydrogens (tertiary/aromatic N) is 3. The summed E-state index contributed by atoms with van der Waals surface area (Å²) < 4.78 is 18.9. The van der Waals surface area contributed by atoms with E-state index in [4.69, 9.17) is 19.0 Å². The molecule has 5 rings (SSSR count). The van der Waals surface area contributed by atoms with Crippen molar-refractivity contribution in [3.05, 3.63) is 126 Å². The number of hydrogen-bond donors (Lipinski definition) is 0. The van der Waals surface area contributed by atoms with Crippen molar-refractivity contribution in [2.75, 3.05) is 7.11 Å². The quantitative estimate of drug-likeness (QED) is 0.237. The van der Waals surface area contributed by atoms with Crippen molar-refractivity contribution >= 4 is 5.91 Å². The molecule has 0 radical (unpaired) electrons. The number of para-hydroxylation sites is 1. The molecule has 37 heavy (non-hydrogen) atoms. The van der Waals surface area contributed by atoms with E-state index in [1.54, 1.807) is 28.8 Å². The Morgan fingerprint density at radius 3 is 2.19 bits per heavy atom. The summed E-state index contributed by atoms with van der Waals surface area (Å²) in [5, 5.41) is 4.80. The van der Waals surface area contributed by atoms with Crippen molar-refractivity contribution in [3.63, 3.8) is 0 Å². The number of methoxy groups -OCH3 is 1. The molecule has 1 amide bonds. The number of hydrogen-bond acceptors (Lipinski definition) is 5. The molecule has 0 atom stereocenters. The number of aryl methyl sites for hydroxylation is 1. The predicted octanol–water partition coefficient (Wildman–Crippen LogP) is 6.42. The topological polar surface area (TPSA) is 69.7 Å². The monoisotopic (exact) mass is 493 g/mol. The maximum absolute atomic E-state index is 13.5. The summed E-state index contributed by atoms with van der Waals surface area (Å²) in [6, 6.07) is 30.4. The third-order valence-corrected chi connectivity index (χ3v) is 6.00. The van der Waals surface area contributed by atoms with E-state index in [2.05, 4.69) is 0 Å². The van der Waals surface area contributed by atoms with E-state index >= 15 is 0 Å². The molecular formula is C30H27N3O4. The first-order valence-electron chi connectivity index (χ1n) is 11.9. The van der Waals surface area contributed by atoms with Crippen LogP contribution in [0.3, 0.4) is 0 Å². The molecular weight excluding hydrogens is 466 g/mol. The second-order valence-electron chi connectivity index (χ2n) is 8.52. The number of aromatic nitrogens is 2. The van der Waals surface area contributed by atoms with E-state index < -0.39 is 0 Å². The number of carbonyl (C=O) groups excluding carboxylic acids is 1. The van der Waals surface area contributed by atoms with Gasteiger partial charge in [0, 0.05) is 6.54 Å². The molecule has 3 aromatic carbocycles. The highest BCUT2D eigenvalue weighted by atomic mass is 16.5. The van der Waals surface area contributed by atoms with Gasteiger partial charge in [0.2, 0.25) is 5.88 Å². The van der Waals surface area contributed by atoms with Crippen LogP contribution < -0.4 is 9.47 Å². The third-order valence-electron chi connectivity index (χ3n) is 6.00. The molecule has 2 aromatic heterocycles. The Bertz CT molecular complexity index is 1440. The minimum atomic E-state index is -0.212. The molecule has 0 saturated carbocycles. The van der Waals surface area contributed by atoms with Gasteiger partial charge in [0.1, 0.15) is 11.5 Å². The molecule has 0 unspecified atom stereocenters. The Morgan fingerprint density at radius 2 is 1.54 bits per heavy atom. The average molecular weight is 494 g/mol. The van der Waals surface area contributed by atoms with E-state index in [1.165, 1.54) is 6.26 Å². The van der Waals surface area contributed by atoms with Gasteiger partial charge in [-0.25, -0.2) is 4.68 Å². The molecule has 0 bridgehead atoms.